The molecule has 7 heteroatoms. The molecule has 0 spiro atoms. The number of rotatable bonds is 5. The number of carbonyl (C=O) groups excluding carboxylic acids is 2. The second-order valence-electron chi connectivity index (χ2n) is 7.66. The summed E-state index contributed by atoms with van der Waals surface area (Å²) in [4.78, 5) is 29.1. The van der Waals surface area contributed by atoms with Crippen LogP contribution in [-0.2, 0) is 9.59 Å². The summed E-state index contributed by atoms with van der Waals surface area (Å²) in [5.74, 6) is 1.48. The number of piperidine rings is 2. The molecule has 2 heterocycles. The molecule has 2 fully saturated rings. The van der Waals surface area contributed by atoms with Crippen LogP contribution < -0.4 is 14.2 Å². The molecule has 2 aliphatic heterocycles. The maximum atomic E-state index is 13.1. The van der Waals surface area contributed by atoms with Crippen molar-refractivity contribution in [1.82, 2.24) is 9.80 Å². The summed E-state index contributed by atoms with van der Waals surface area (Å²) in [6, 6.07) is 5.41. The van der Waals surface area contributed by atoms with Gasteiger partial charge in [0, 0.05) is 20.0 Å². The molecule has 3 rings (SSSR count). The van der Waals surface area contributed by atoms with E-state index in [0.29, 0.717) is 23.8 Å². The highest BCUT2D eigenvalue weighted by Crippen LogP contribution is 2.40. The van der Waals surface area contributed by atoms with Crippen molar-refractivity contribution in [3.63, 3.8) is 0 Å². The molecule has 0 aliphatic carbocycles. The molecule has 28 heavy (non-hydrogen) atoms. The number of benzene rings is 1. The van der Waals surface area contributed by atoms with E-state index in [1.54, 1.807) is 39.3 Å². The molecule has 1 aromatic rings. The number of fused-ring (bicyclic) bond motifs is 1. The van der Waals surface area contributed by atoms with Crippen molar-refractivity contribution in [3.05, 3.63) is 18.2 Å². The molecule has 2 atom stereocenters. The van der Waals surface area contributed by atoms with E-state index in [2.05, 4.69) is 6.92 Å². The van der Waals surface area contributed by atoms with Crippen LogP contribution in [0.25, 0.3) is 0 Å². The van der Waals surface area contributed by atoms with E-state index < -0.39 is 0 Å². The SMILES string of the molecule is COc1cccc(OC)c1OCC(=O)N1CCC[C@@H]2N(C(C)=O)CCC[C@@]21C. The van der Waals surface area contributed by atoms with E-state index in [1.807, 2.05) is 9.80 Å². The summed E-state index contributed by atoms with van der Waals surface area (Å²) in [6.45, 7) is 5.08. The minimum atomic E-state index is -0.354. The van der Waals surface area contributed by atoms with Crippen LogP contribution in [0.3, 0.4) is 0 Å². The lowest BCUT2D eigenvalue weighted by atomic mass is 9.76. The Morgan fingerprint density at radius 1 is 1.14 bits per heavy atom. The molecule has 0 radical (unpaired) electrons. The van der Waals surface area contributed by atoms with Gasteiger partial charge >= 0.3 is 0 Å². The maximum Gasteiger partial charge on any atom is 0.261 e. The fourth-order valence-electron chi connectivity index (χ4n) is 4.70. The Morgan fingerprint density at radius 3 is 2.43 bits per heavy atom. The first-order valence-electron chi connectivity index (χ1n) is 9.84. The van der Waals surface area contributed by atoms with Crippen molar-refractivity contribution < 1.29 is 23.8 Å². The van der Waals surface area contributed by atoms with Gasteiger partial charge in [-0.1, -0.05) is 6.07 Å². The van der Waals surface area contributed by atoms with E-state index in [4.69, 9.17) is 14.2 Å². The van der Waals surface area contributed by atoms with Gasteiger partial charge in [-0.05, 0) is 44.7 Å². The average Bonchev–Trinajstić information content (AvgIpc) is 2.70. The summed E-state index contributed by atoms with van der Waals surface area (Å²) in [6.07, 6.45) is 3.61. The number of likely N-dealkylation sites (tertiary alicyclic amines) is 2. The average molecular weight is 390 g/mol. The molecule has 154 valence electrons. The fraction of sp³-hybridized carbons (Fsp3) is 0.619. The summed E-state index contributed by atoms with van der Waals surface area (Å²) < 4.78 is 16.5. The van der Waals surface area contributed by atoms with Gasteiger partial charge in [0.2, 0.25) is 11.7 Å². The topological polar surface area (TPSA) is 68.3 Å². The number of carbonyl (C=O) groups is 2. The molecule has 0 bridgehead atoms. The largest absolute Gasteiger partial charge is 0.493 e. The minimum Gasteiger partial charge on any atom is -0.493 e. The molecule has 2 aliphatic rings. The first-order valence-corrected chi connectivity index (χ1v) is 9.84. The standard InChI is InChI=1S/C21H30N2O5/c1-15(24)22-12-7-11-21(2)18(22)10-6-13-23(21)19(25)14-28-20-16(26-3)8-5-9-17(20)27-4/h5,8-9,18H,6-7,10-14H2,1-4H3/t18-,21-/m0/s1. The van der Waals surface area contributed by atoms with Gasteiger partial charge in [-0.15, -0.1) is 0 Å². The van der Waals surface area contributed by atoms with Gasteiger partial charge in [0.25, 0.3) is 5.91 Å². The molecule has 2 amide bonds. The summed E-state index contributed by atoms with van der Waals surface area (Å²) in [5.41, 5.74) is -0.354. The van der Waals surface area contributed by atoms with Crippen LogP contribution in [0.4, 0.5) is 0 Å². The highest BCUT2D eigenvalue weighted by Gasteiger charge is 2.49. The molecule has 1 aromatic carbocycles. The van der Waals surface area contributed by atoms with Crippen LogP contribution in [0, 0.1) is 0 Å². The van der Waals surface area contributed by atoms with Gasteiger partial charge in [0.1, 0.15) is 0 Å². The van der Waals surface area contributed by atoms with Crippen molar-refractivity contribution in [1.29, 1.82) is 0 Å². The summed E-state index contributed by atoms with van der Waals surface area (Å²) in [7, 11) is 3.11. The Morgan fingerprint density at radius 2 is 1.82 bits per heavy atom. The van der Waals surface area contributed by atoms with Crippen LogP contribution in [0.1, 0.15) is 39.5 Å². The maximum absolute atomic E-state index is 13.1. The van der Waals surface area contributed by atoms with Crippen molar-refractivity contribution in [2.75, 3.05) is 33.9 Å². The lowest BCUT2D eigenvalue weighted by Gasteiger charge is -2.56. The first kappa shape index (κ1) is 20.3. The zero-order valence-corrected chi connectivity index (χ0v) is 17.2. The van der Waals surface area contributed by atoms with E-state index in [0.717, 1.165) is 32.2 Å². The molecule has 0 N–H and O–H groups in total. The smallest absolute Gasteiger partial charge is 0.261 e. The lowest BCUT2D eigenvalue weighted by molar-refractivity contribution is -0.156. The van der Waals surface area contributed by atoms with Crippen molar-refractivity contribution in [2.24, 2.45) is 0 Å². The van der Waals surface area contributed by atoms with Crippen LogP contribution >= 0.6 is 0 Å². The number of para-hydroxylation sites is 1. The van der Waals surface area contributed by atoms with Gasteiger partial charge in [-0.3, -0.25) is 9.59 Å². The second-order valence-corrected chi connectivity index (χ2v) is 7.66. The Labute approximate surface area is 166 Å². The predicted molar refractivity (Wildman–Crippen MR) is 105 cm³/mol. The van der Waals surface area contributed by atoms with Gasteiger partial charge < -0.3 is 24.0 Å². The van der Waals surface area contributed by atoms with Gasteiger partial charge in [-0.25, -0.2) is 0 Å². The van der Waals surface area contributed by atoms with Crippen LogP contribution in [0.15, 0.2) is 18.2 Å². The third-order valence-corrected chi connectivity index (χ3v) is 6.08. The number of amides is 2. The number of ether oxygens (including phenoxy) is 3. The van der Waals surface area contributed by atoms with E-state index in [9.17, 15) is 9.59 Å². The molecule has 0 aromatic heterocycles. The highest BCUT2D eigenvalue weighted by molar-refractivity contribution is 5.80. The number of hydrogen-bond donors (Lipinski definition) is 0. The molecule has 0 saturated carbocycles. The summed E-state index contributed by atoms with van der Waals surface area (Å²) in [5, 5.41) is 0. The Bertz CT molecular complexity index is 715. The van der Waals surface area contributed by atoms with Crippen molar-refractivity contribution >= 4 is 11.8 Å². The van der Waals surface area contributed by atoms with Gasteiger partial charge in [-0.2, -0.15) is 0 Å². The molecular formula is C21H30N2O5. The predicted octanol–water partition coefficient (Wildman–Crippen LogP) is 2.47. The molecule has 7 nitrogen and oxygen atoms in total. The monoisotopic (exact) mass is 390 g/mol. The normalized spacial score (nSPS) is 24.4. The van der Waals surface area contributed by atoms with Crippen molar-refractivity contribution in [3.8, 4) is 17.2 Å². The Hall–Kier alpha value is -2.44. The molecular weight excluding hydrogens is 360 g/mol. The van der Waals surface area contributed by atoms with Gasteiger partial charge in [0.15, 0.2) is 18.1 Å². The number of hydrogen-bond acceptors (Lipinski definition) is 5. The zero-order valence-electron chi connectivity index (χ0n) is 17.2. The number of nitrogens with zero attached hydrogens (tertiary/aromatic N) is 2. The zero-order chi connectivity index (χ0) is 20.3. The fourth-order valence-corrected chi connectivity index (χ4v) is 4.70. The third-order valence-electron chi connectivity index (χ3n) is 6.08. The van der Waals surface area contributed by atoms with Crippen LogP contribution in [-0.4, -0.2) is 67.1 Å². The van der Waals surface area contributed by atoms with E-state index >= 15 is 0 Å². The van der Waals surface area contributed by atoms with E-state index in [1.165, 1.54) is 0 Å². The quantitative estimate of drug-likeness (QED) is 0.773. The van der Waals surface area contributed by atoms with Gasteiger partial charge in [0.05, 0.1) is 25.8 Å². The third kappa shape index (κ3) is 3.62. The Balaban J connectivity index is 1.77. The first-order chi connectivity index (χ1) is 13.4. The van der Waals surface area contributed by atoms with E-state index in [-0.39, 0.29) is 30.0 Å². The van der Waals surface area contributed by atoms with Crippen molar-refractivity contribution in [2.45, 2.75) is 51.1 Å². The lowest BCUT2D eigenvalue weighted by Crippen LogP contribution is -2.68. The summed E-state index contributed by atoms with van der Waals surface area (Å²) >= 11 is 0. The molecule has 2 saturated heterocycles. The second kappa shape index (κ2) is 8.29. The van der Waals surface area contributed by atoms with Crippen LogP contribution in [0.2, 0.25) is 0 Å². The van der Waals surface area contributed by atoms with Crippen LogP contribution in [0.5, 0.6) is 17.2 Å². The Kier molecular flexibility index (Phi) is 6.01. The highest BCUT2D eigenvalue weighted by atomic mass is 16.5. The molecule has 0 unspecified atom stereocenters. The number of methoxy groups -OCH3 is 2. The minimum absolute atomic E-state index is 0.0669.